The van der Waals surface area contributed by atoms with Gasteiger partial charge in [-0.1, -0.05) is 37.8 Å². The molecule has 3 atom stereocenters. The zero-order chi connectivity index (χ0) is 14.2. The van der Waals surface area contributed by atoms with E-state index in [2.05, 4.69) is 17.5 Å². The number of aliphatic carboxylic acids is 1. The smallest absolute Gasteiger partial charge is 0.329 e. The quantitative estimate of drug-likeness (QED) is 0.615. The molecule has 3 rings (SSSR count). The Kier molecular flexibility index (Phi) is 3.57. The molecule has 2 bridgehead atoms. The van der Waals surface area contributed by atoms with E-state index in [0.717, 1.165) is 38.5 Å². The van der Waals surface area contributed by atoms with Gasteiger partial charge in [0.15, 0.2) is 0 Å². The predicted octanol–water partition coefficient (Wildman–Crippen LogP) is 2.49. The van der Waals surface area contributed by atoms with Crippen LogP contribution in [0.5, 0.6) is 0 Å². The summed E-state index contributed by atoms with van der Waals surface area (Å²) >= 11 is 0. The Labute approximate surface area is 119 Å². The van der Waals surface area contributed by atoms with Crippen molar-refractivity contribution in [2.45, 2.75) is 56.9 Å². The van der Waals surface area contributed by atoms with Crippen LogP contribution in [-0.4, -0.2) is 22.5 Å². The average Bonchev–Trinajstić information content (AvgIpc) is 2.97. The van der Waals surface area contributed by atoms with E-state index in [9.17, 15) is 14.7 Å². The number of nitrogens with one attached hydrogen (secondary N) is 1. The van der Waals surface area contributed by atoms with Crippen LogP contribution < -0.4 is 5.32 Å². The lowest BCUT2D eigenvalue weighted by Gasteiger charge is -2.31. The molecule has 0 aliphatic heterocycles. The first-order valence-corrected chi connectivity index (χ1v) is 7.84. The van der Waals surface area contributed by atoms with Gasteiger partial charge in [-0.25, -0.2) is 4.79 Å². The highest BCUT2D eigenvalue weighted by atomic mass is 16.4. The first-order chi connectivity index (χ1) is 9.61. The number of carbonyl (C=O) groups is 2. The number of fused-ring (bicyclic) bond motifs is 2. The highest BCUT2D eigenvalue weighted by molar-refractivity contribution is 5.88. The van der Waals surface area contributed by atoms with E-state index in [4.69, 9.17) is 0 Å². The topological polar surface area (TPSA) is 66.4 Å². The number of carboxylic acids is 1. The fourth-order valence-corrected chi connectivity index (χ4v) is 4.14. The van der Waals surface area contributed by atoms with E-state index in [1.165, 1.54) is 0 Å². The third kappa shape index (κ3) is 2.36. The minimum atomic E-state index is -1.01. The molecule has 0 unspecified atom stereocenters. The molecule has 0 aromatic heterocycles. The molecule has 0 heterocycles. The van der Waals surface area contributed by atoms with Crippen molar-refractivity contribution >= 4 is 11.9 Å². The maximum Gasteiger partial charge on any atom is 0.329 e. The third-order valence-corrected chi connectivity index (χ3v) is 5.34. The molecule has 0 aromatic rings. The van der Waals surface area contributed by atoms with Gasteiger partial charge in [-0.2, -0.15) is 0 Å². The summed E-state index contributed by atoms with van der Waals surface area (Å²) < 4.78 is 0. The molecule has 3 aliphatic rings. The molecular weight excluding hydrogens is 254 g/mol. The zero-order valence-corrected chi connectivity index (χ0v) is 11.8. The Bertz CT molecular complexity index is 435. The summed E-state index contributed by atoms with van der Waals surface area (Å²) in [6.45, 7) is 0. The minimum absolute atomic E-state index is 0.00974. The molecule has 2 saturated carbocycles. The number of allylic oxidation sites excluding steroid dienone is 2. The van der Waals surface area contributed by atoms with Crippen molar-refractivity contribution in [3.63, 3.8) is 0 Å². The molecule has 2 fully saturated rings. The van der Waals surface area contributed by atoms with Gasteiger partial charge in [-0.05, 0) is 37.5 Å². The number of carboxylic acid groups (broad SMARTS) is 1. The van der Waals surface area contributed by atoms with Gasteiger partial charge < -0.3 is 10.4 Å². The second kappa shape index (κ2) is 5.23. The molecule has 110 valence electrons. The third-order valence-electron chi connectivity index (χ3n) is 5.34. The summed E-state index contributed by atoms with van der Waals surface area (Å²) in [6.07, 6.45) is 11.4. The number of hydrogen-bond donors (Lipinski definition) is 2. The summed E-state index contributed by atoms with van der Waals surface area (Å²) in [5.74, 6) is -0.0376. The summed E-state index contributed by atoms with van der Waals surface area (Å²) in [5, 5.41) is 12.5. The average molecular weight is 277 g/mol. The van der Waals surface area contributed by atoms with Crippen molar-refractivity contribution in [1.82, 2.24) is 5.32 Å². The minimum Gasteiger partial charge on any atom is -0.480 e. The Morgan fingerprint density at radius 3 is 2.25 bits per heavy atom. The summed E-state index contributed by atoms with van der Waals surface area (Å²) in [6, 6.07) is 0. The van der Waals surface area contributed by atoms with Crippen LogP contribution in [-0.2, 0) is 9.59 Å². The molecule has 2 N–H and O–H groups in total. The van der Waals surface area contributed by atoms with Crippen LogP contribution in [0.3, 0.4) is 0 Å². The van der Waals surface area contributed by atoms with Crippen molar-refractivity contribution in [2.24, 2.45) is 17.8 Å². The van der Waals surface area contributed by atoms with Crippen LogP contribution in [0.15, 0.2) is 12.2 Å². The van der Waals surface area contributed by atoms with E-state index in [-0.39, 0.29) is 11.8 Å². The first-order valence-electron chi connectivity index (χ1n) is 7.84. The Morgan fingerprint density at radius 2 is 1.75 bits per heavy atom. The second-order valence-electron chi connectivity index (χ2n) is 6.68. The molecule has 0 radical (unpaired) electrons. The number of rotatable bonds is 3. The molecule has 0 spiro atoms. The standard InChI is InChI=1S/C16H23NO3/c18-14(13-10-11-5-6-12(13)9-11)17-16(15(19)20)7-3-1-2-4-8-16/h5-6,11-13H,1-4,7-10H2,(H,17,18)(H,19,20)/t11-,12-,13-/m0/s1. The lowest BCUT2D eigenvalue weighted by molar-refractivity contribution is -0.149. The van der Waals surface area contributed by atoms with E-state index in [0.29, 0.717) is 24.7 Å². The second-order valence-corrected chi connectivity index (χ2v) is 6.68. The molecular formula is C16H23NO3. The molecule has 4 nitrogen and oxygen atoms in total. The Balaban J connectivity index is 1.71. The summed E-state index contributed by atoms with van der Waals surface area (Å²) in [7, 11) is 0. The molecule has 1 amide bonds. The zero-order valence-electron chi connectivity index (χ0n) is 11.8. The highest BCUT2D eigenvalue weighted by Gasteiger charge is 2.45. The number of amides is 1. The normalized spacial score (nSPS) is 34.7. The number of hydrogen-bond acceptors (Lipinski definition) is 2. The van der Waals surface area contributed by atoms with Crippen LogP contribution in [0, 0.1) is 17.8 Å². The van der Waals surface area contributed by atoms with Crippen LogP contribution in [0.2, 0.25) is 0 Å². The Morgan fingerprint density at radius 1 is 1.05 bits per heavy atom. The van der Waals surface area contributed by atoms with E-state index >= 15 is 0 Å². The number of carbonyl (C=O) groups excluding carboxylic acids is 1. The van der Waals surface area contributed by atoms with Gasteiger partial charge >= 0.3 is 5.97 Å². The van der Waals surface area contributed by atoms with Crippen molar-refractivity contribution in [3.8, 4) is 0 Å². The first kappa shape index (κ1) is 13.7. The molecule has 3 aliphatic carbocycles. The lowest BCUT2D eigenvalue weighted by Crippen LogP contribution is -2.56. The summed E-state index contributed by atoms with van der Waals surface area (Å²) in [5.41, 5.74) is -1.01. The SMILES string of the molecule is O=C(NC1(C(=O)O)CCCCCC1)[C@H]1C[C@H]2C=C[C@H]1C2. The van der Waals surface area contributed by atoms with Gasteiger partial charge in [-0.3, -0.25) is 4.79 Å². The Hall–Kier alpha value is -1.32. The van der Waals surface area contributed by atoms with Crippen LogP contribution in [0.4, 0.5) is 0 Å². The van der Waals surface area contributed by atoms with E-state index in [1.807, 2.05) is 0 Å². The van der Waals surface area contributed by atoms with Crippen LogP contribution >= 0.6 is 0 Å². The summed E-state index contributed by atoms with van der Waals surface area (Å²) in [4.78, 5) is 24.2. The van der Waals surface area contributed by atoms with Crippen molar-refractivity contribution in [1.29, 1.82) is 0 Å². The highest BCUT2D eigenvalue weighted by Crippen LogP contribution is 2.44. The van der Waals surface area contributed by atoms with Gasteiger partial charge in [0.25, 0.3) is 0 Å². The monoisotopic (exact) mass is 277 g/mol. The maximum absolute atomic E-state index is 12.5. The van der Waals surface area contributed by atoms with Crippen molar-refractivity contribution in [3.05, 3.63) is 12.2 Å². The van der Waals surface area contributed by atoms with Gasteiger partial charge in [-0.15, -0.1) is 0 Å². The molecule has 0 aromatic carbocycles. The fraction of sp³-hybridized carbons (Fsp3) is 0.750. The van der Waals surface area contributed by atoms with Crippen LogP contribution in [0.1, 0.15) is 51.4 Å². The predicted molar refractivity (Wildman–Crippen MR) is 75.1 cm³/mol. The van der Waals surface area contributed by atoms with E-state index < -0.39 is 11.5 Å². The van der Waals surface area contributed by atoms with Gasteiger partial charge in [0.1, 0.15) is 5.54 Å². The molecule has 4 heteroatoms. The van der Waals surface area contributed by atoms with Gasteiger partial charge in [0.05, 0.1) is 0 Å². The fourth-order valence-electron chi connectivity index (χ4n) is 4.14. The van der Waals surface area contributed by atoms with Crippen molar-refractivity contribution in [2.75, 3.05) is 0 Å². The molecule has 0 saturated heterocycles. The largest absolute Gasteiger partial charge is 0.480 e. The van der Waals surface area contributed by atoms with E-state index in [1.54, 1.807) is 0 Å². The molecule has 20 heavy (non-hydrogen) atoms. The van der Waals surface area contributed by atoms with Crippen molar-refractivity contribution < 1.29 is 14.7 Å². The van der Waals surface area contributed by atoms with Gasteiger partial charge in [0, 0.05) is 5.92 Å². The van der Waals surface area contributed by atoms with Crippen LogP contribution in [0.25, 0.3) is 0 Å². The lowest BCUT2D eigenvalue weighted by atomic mass is 9.87. The maximum atomic E-state index is 12.5. The van der Waals surface area contributed by atoms with Gasteiger partial charge in [0.2, 0.25) is 5.91 Å².